The smallest absolute Gasteiger partial charge is 0.240 e. The summed E-state index contributed by atoms with van der Waals surface area (Å²) < 4.78 is 6.53. The second kappa shape index (κ2) is 18.6. The Morgan fingerprint density at radius 1 is 0.931 bits per heavy atom. The van der Waals surface area contributed by atoms with Crippen LogP contribution in [-0.4, -0.2) is 145 Å². The molecule has 16 atom stereocenters. The quantitative estimate of drug-likeness (QED) is 0.224. The Labute approximate surface area is 351 Å². The number of nitrogens with one attached hydrogen (secondary N) is 1. The molecule has 2 bridgehead atoms. The van der Waals surface area contributed by atoms with Gasteiger partial charge in [-0.1, -0.05) is 46.5 Å². The van der Waals surface area contributed by atoms with Crippen LogP contribution in [0.2, 0.25) is 0 Å². The summed E-state index contributed by atoms with van der Waals surface area (Å²) in [6.07, 6.45) is 15.4. The molecule has 0 spiro atoms. The Morgan fingerprint density at radius 3 is 2.29 bits per heavy atom. The van der Waals surface area contributed by atoms with E-state index >= 15 is 4.79 Å². The molecule has 0 radical (unpaired) electrons. The molecule has 0 aromatic heterocycles. The predicted molar refractivity (Wildman–Crippen MR) is 227 cm³/mol. The van der Waals surface area contributed by atoms with Gasteiger partial charge in [0.1, 0.15) is 12.1 Å². The Hall–Kier alpha value is -1.34. The highest BCUT2D eigenvalue weighted by Gasteiger charge is 2.58. The fourth-order valence-corrected chi connectivity index (χ4v) is 14.5. The maximum absolute atomic E-state index is 15.1. The molecule has 6 saturated carbocycles. The van der Waals surface area contributed by atoms with Gasteiger partial charge in [0.25, 0.3) is 0 Å². The van der Waals surface area contributed by atoms with Crippen LogP contribution in [0.5, 0.6) is 0 Å². The maximum atomic E-state index is 15.1. The molecule has 0 aromatic rings. The van der Waals surface area contributed by atoms with Gasteiger partial charge in [-0.3, -0.25) is 14.4 Å². The molecule has 2 aliphatic heterocycles. The van der Waals surface area contributed by atoms with Crippen LogP contribution in [0.4, 0.5) is 0 Å². The van der Waals surface area contributed by atoms with E-state index in [1.807, 2.05) is 12.2 Å². The first-order chi connectivity index (χ1) is 27.6. The van der Waals surface area contributed by atoms with Crippen LogP contribution in [0.15, 0.2) is 0 Å². The molecule has 8 fully saturated rings. The first-order valence-corrected chi connectivity index (χ1v) is 23.8. The number of carbonyl (C=O) groups excluding carboxylic acids is 2. The standard InChI is InChI=1S/C47H83N5O6/c1-28-38-23-34(47(38,3)4)24-39(28)48-45(55)43-42(29(2)54)41(27-53)58-51(43)25-31-16-13-17-37(44(31)57-9)32-20-33(22-36(21-32)50(7)8)46(56)52-35(26-49(5)6)18-19-40(52)30-14-11-10-12-15-30/h28-44,53-54H,10-27H2,1-9H3,(H,48,55)/t28-,29-,31?,32?,33?,34+,35+,36?,37?,38-,39-,40-,41-,42-,43-,44?/m0/s1. The molecule has 6 unspecified atom stereocenters. The third kappa shape index (κ3) is 8.81. The van der Waals surface area contributed by atoms with Gasteiger partial charge in [-0.05, 0) is 147 Å². The van der Waals surface area contributed by atoms with Crippen LogP contribution < -0.4 is 5.32 Å². The van der Waals surface area contributed by atoms with Gasteiger partial charge in [-0.2, -0.15) is 5.06 Å². The summed E-state index contributed by atoms with van der Waals surface area (Å²) in [5, 5.41) is 26.9. The third-order valence-corrected chi connectivity index (χ3v) is 17.7. The van der Waals surface area contributed by atoms with Crippen molar-refractivity contribution in [3.05, 3.63) is 0 Å². The average Bonchev–Trinajstić information content (AvgIpc) is 3.79. The summed E-state index contributed by atoms with van der Waals surface area (Å²) in [6.45, 7) is 9.94. The van der Waals surface area contributed by atoms with Crippen LogP contribution in [0.3, 0.4) is 0 Å². The summed E-state index contributed by atoms with van der Waals surface area (Å²) in [5.41, 5.74) is 0.318. The molecular formula is C47H83N5O6. The van der Waals surface area contributed by atoms with Crippen molar-refractivity contribution in [2.45, 2.75) is 173 Å². The SMILES string of the molecule is COC1C(CN2O[C@@H](CO)[C@H]([C@H](C)O)[C@H]2C(=O)N[C@H]2C[C@H]3C[C@@H]([C@@H]2C)C3(C)C)CCCC1C1CC(C(=O)N2[C@@H](CN(C)C)CC[C@H]2C2CCCCC2)CC(N(C)C)C1. The number of hydrogen-bond donors (Lipinski definition) is 3. The number of nitrogens with zero attached hydrogens (tertiary/aromatic N) is 4. The van der Waals surface area contributed by atoms with E-state index in [9.17, 15) is 15.0 Å². The highest BCUT2D eigenvalue weighted by atomic mass is 16.7. The molecule has 8 rings (SSSR count). The van der Waals surface area contributed by atoms with E-state index in [2.05, 4.69) is 69.0 Å². The number of likely N-dealkylation sites (N-methyl/N-ethyl adjacent to an activating group) is 1. The van der Waals surface area contributed by atoms with Gasteiger partial charge in [0.15, 0.2) is 0 Å². The first kappa shape index (κ1) is 44.7. The number of likely N-dealkylation sites (tertiary alicyclic amines) is 1. The van der Waals surface area contributed by atoms with E-state index in [1.54, 1.807) is 6.92 Å². The molecule has 332 valence electrons. The maximum Gasteiger partial charge on any atom is 0.240 e. The second-order valence-corrected chi connectivity index (χ2v) is 21.8. The zero-order valence-corrected chi connectivity index (χ0v) is 37.9. The van der Waals surface area contributed by atoms with Crippen molar-refractivity contribution in [1.82, 2.24) is 25.1 Å². The van der Waals surface area contributed by atoms with Crippen molar-refractivity contribution in [3.63, 3.8) is 0 Å². The minimum absolute atomic E-state index is 0.00350. The van der Waals surface area contributed by atoms with E-state index in [0.717, 1.165) is 64.3 Å². The predicted octanol–water partition coefficient (Wildman–Crippen LogP) is 5.43. The minimum Gasteiger partial charge on any atom is -0.394 e. The zero-order valence-electron chi connectivity index (χ0n) is 37.9. The number of aliphatic hydroxyl groups excluding tert-OH is 2. The van der Waals surface area contributed by atoms with Gasteiger partial charge in [0, 0.05) is 62.1 Å². The summed E-state index contributed by atoms with van der Waals surface area (Å²) >= 11 is 0. The average molecular weight is 814 g/mol. The van der Waals surface area contributed by atoms with Gasteiger partial charge >= 0.3 is 0 Å². The molecule has 11 heteroatoms. The number of ether oxygens (including phenoxy) is 1. The number of hydrogen-bond acceptors (Lipinski definition) is 9. The lowest BCUT2D eigenvalue weighted by Gasteiger charge is -2.62. The van der Waals surface area contributed by atoms with E-state index in [0.29, 0.717) is 65.5 Å². The van der Waals surface area contributed by atoms with E-state index < -0.39 is 24.2 Å². The second-order valence-electron chi connectivity index (χ2n) is 21.8. The van der Waals surface area contributed by atoms with Gasteiger partial charge in [0.2, 0.25) is 11.8 Å². The highest BCUT2D eigenvalue weighted by Crippen LogP contribution is 2.61. The monoisotopic (exact) mass is 814 g/mol. The summed E-state index contributed by atoms with van der Waals surface area (Å²) in [7, 11) is 10.5. The normalized spacial score (nSPS) is 42.8. The third-order valence-electron chi connectivity index (χ3n) is 17.7. The molecule has 3 N–H and O–H groups in total. The first-order valence-electron chi connectivity index (χ1n) is 23.8. The van der Waals surface area contributed by atoms with E-state index in [1.165, 1.54) is 38.5 Å². The number of hydroxylamine groups is 2. The van der Waals surface area contributed by atoms with Crippen molar-refractivity contribution < 1.29 is 29.4 Å². The summed E-state index contributed by atoms with van der Waals surface area (Å²) in [4.78, 5) is 43.1. The van der Waals surface area contributed by atoms with Gasteiger partial charge < -0.3 is 35.0 Å². The Kier molecular flexibility index (Phi) is 14.3. The number of rotatable bonds is 13. The number of fused-ring (bicyclic) bond motifs is 2. The van der Waals surface area contributed by atoms with Gasteiger partial charge in [-0.15, -0.1) is 0 Å². The van der Waals surface area contributed by atoms with Crippen molar-refractivity contribution in [3.8, 4) is 0 Å². The molecule has 2 amide bonds. The summed E-state index contributed by atoms with van der Waals surface area (Å²) in [5.74, 6) is 2.76. The largest absolute Gasteiger partial charge is 0.394 e. The van der Waals surface area contributed by atoms with Crippen molar-refractivity contribution in [2.75, 3.05) is 55.0 Å². The fraction of sp³-hybridized carbons (Fsp3) is 0.957. The Bertz CT molecular complexity index is 1390. The van der Waals surface area contributed by atoms with Crippen LogP contribution in [-0.2, 0) is 19.2 Å². The lowest BCUT2D eigenvalue weighted by Crippen LogP contribution is -2.62. The minimum atomic E-state index is -0.823. The van der Waals surface area contributed by atoms with Crippen molar-refractivity contribution in [2.24, 2.45) is 58.7 Å². The van der Waals surface area contributed by atoms with E-state index in [4.69, 9.17) is 9.57 Å². The molecule has 2 heterocycles. The fourth-order valence-electron chi connectivity index (χ4n) is 14.5. The van der Waals surface area contributed by atoms with Gasteiger partial charge in [0.05, 0.1) is 18.8 Å². The van der Waals surface area contributed by atoms with Crippen molar-refractivity contribution in [1.29, 1.82) is 0 Å². The zero-order chi connectivity index (χ0) is 41.6. The molecular weight excluding hydrogens is 731 g/mol. The van der Waals surface area contributed by atoms with Crippen LogP contribution >= 0.6 is 0 Å². The topological polar surface area (TPSA) is 118 Å². The van der Waals surface area contributed by atoms with Gasteiger partial charge in [-0.25, -0.2) is 0 Å². The highest BCUT2D eigenvalue weighted by molar-refractivity contribution is 5.83. The van der Waals surface area contributed by atoms with Crippen LogP contribution in [0, 0.1) is 58.7 Å². The molecule has 11 nitrogen and oxygen atoms in total. The van der Waals surface area contributed by atoms with Crippen LogP contribution in [0.1, 0.15) is 124 Å². The molecule has 8 aliphatic rings. The molecule has 6 aliphatic carbocycles. The number of amides is 2. The number of aliphatic hydroxyl groups is 2. The molecule has 2 saturated heterocycles. The lowest BCUT2D eigenvalue weighted by atomic mass is 9.45. The summed E-state index contributed by atoms with van der Waals surface area (Å²) in [6, 6.07) is 0.397. The lowest BCUT2D eigenvalue weighted by molar-refractivity contribution is -0.193. The Balaban J connectivity index is 1.08. The van der Waals surface area contributed by atoms with Crippen molar-refractivity contribution >= 4 is 11.8 Å². The molecule has 58 heavy (non-hydrogen) atoms. The number of methoxy groups -OCH3 is 1. The Morgan fingerprint density at radius 2 is 1.67 bits per heavy atom. The van der Waals surface area contributed by atoms with E-state index in [-0.39, 0.29) is 42.5 Å². The van der Waals surface area contributed by atoms with Crippen LogP contribution in [0.25, 0.3) is 0 Å². The number of carbonyl (C=O) groups is 2. The molecule has 0 aromatic carbocycles.